The van der Waals surface area contributed by atoms with Crippen LogP contribution in [0.2, 0.25) is 0 Å². The summed E-state index contributed by atoms with van der Waals surface area (Å²) in [7, 11) is 0. The molecule has 110 valence electrons. The predicted octanol–water partition coefficient (Wildman–Crippen LogP) is 1.88. The molecule has 2 N–H and O–H groups in total. The highest BCUT2D eigenvalue weighted by molar-refractivity contribution is 7.98. The van der Waals surface area contributed by atoms with Crippen LogP contribution in [0.1, 0.15) is 26.7 Å². The zero-order valence-corrected chi connectivity index (χ0v) is 12.8. The highest BCUT2D eigenvalue weighted by atomic mass is 32.2. The number of nitrogens with one attached hydrogen (secondary N) is 1. The Kier molecular flexibility index (Phi) is 5.97. The Labute approximate surface area is 119 Å². The molecular weight excluding hydrogens is 264 g/mol. The number of amides is 2. The lowest BCUT2D eigenvalue weighted by Gasteiger charge is -2.23. The molecule has 1 aliphatic heterocycles. The number of hydrogen-bond acceptors (Lipinski definition) is 3. The topological polar surface area (TPSA) is 69.6 Å². The monoisotopic (exact) mass is 288 g/mol. The number of hydrogen-bond donors (Lipinski definition) is 2. The van der Waals surface area contributed by atoms with Crippen molar-refractivity contribution >= 4 is 23.8 Å². The Hall–Kier alpha value is -0.910. The second-order valence-corrected chi connectivity index (χ2v) is 6.27. The Bertz CT molecular complexity index is 338. The second-order valence-electron chi connectivity index (χ2n) is 5.36. The van der Waals surface area contributed by atoms with Crippen LogP contribution in [-0.2, 0) is 4.79 Å². The van der Waals surface area contributed by atoms with E-state index in [1.807, 2.05) is 13.2 Å². The van der Waals surface area contributed by atoms with Crippen molar-refractivity contribution in [3.63, 3.8) is 0 Å². The molecule has 0 aromatic heterocycles. The fourth-order valence-corrected chi connectivity index (χ4v) is 3.06. The number of urea groups is 1. The van der Waals surface area contributed by atoms with Crippen LogP contribution in [0.15, 0.2) is 0 Å². The minimum absolute atomic E-state index is 0.135. The smallest absolute Gasteiger partial charge is 0.317 e. The van der Waals surface area contributed by atoms with Crippen molar-refractivity contribution in [3.05, 3.63) is 0 Å². The van der Waals surface area contributed by atoms with Gasteiger partial charge in [0.25, 0.3) is 0 Å². The number of thioether (sulfide) groups is 1. The number of aliphatic carboxylic acids is 1. The van der Waals surface area contributed by atoms with Gasteiger partial charge in [-0.2, -0.15) is 11.8 Å². The molecule has 1 rings (SSSR count). The van der Waals surface area contributed by atoms with E-state index in [4.69, 9.17) is 0 Å². The summed E-state index contributed by atoms with van der Waals surface area (Å²) >= 11 is 1.76. The molecule has 2 atom stereocenters. The van der Waals surface area contributed by atoms with Gasteiger partial charge in [-0.25, -0.2) is 4.79 Å². The van der Waals surface area contributed by atoms with Gasteiger partial charge in [-0.05, 0) is 30.8 Å². The molecule has 0 spiro atoms. The van der Waals surface area contributed by atoms with E-state index in [0.717, 1.165) is 5.75 Å². The van der Waals surface area contributed by atoms with Crippen LogP contribution in [0.25, 0.3) is 0 Å². The van der Waals surface area contributed by atoms with Gasteiger partial charge in [-0.1, -0.05) is 13.8 Å². The number of likely N-dealkylation sites (tertiary alicyclic amines) is 1. The highest BCUT2D eigenvalue weighted by Crippen LogP contribution is 2.34. The first-order valence-corrected chi connectivity index (χ1v) is 8.09. The van der Waals surface area contributed by atoms with Crippen LogP contribution >= 0.6 is 11.8 Å². The fourth-order valence-electron chi connectivity index (χ4n) is 2.38. The summed E-state index contributed by atoms with van der Waals surface area (Å²) in [6, 6.07) is -0.135. The third kappa shape index (κ3) is 4.03. The average molecular weight is 288 g/mol. The summed E-state index contributed by atoms with van der Waals surface area (Å²) in [6.07, 6.45) is 3.16. The lowest BCUT2D eigenvalue weighted by Crippen LogP contribution is -2.43. The van der Waals surface area contributed by atoms with Crippen LogP contribution < -0.4 is 5.32 Å². The average Bonchev–Trinajstić information content (AvgIpc) is 2.82. The molecule has 1 heterocycles. The molecule has 5 nitrogen and oxygen atoms in total. The first-order valence-electron chi connectivity index (χ1n) is 6.70. The minimum atomic E-state index is -0.791. The summed E-state index contributed by atoms with van der Waals surface area (Å²) in [4.78, 5) is 24.9. The molecule has 1 saturated heterocycles. The van der Waals surface area contributed by atoms with Crippen molar-refractivity contribution in [1.29, 1.82) is 0 Å². The van der Waals surface area contributed by atoms with Crippen molar-refractivity contribution in [1.82, 2.24) is 10.2 Å². The quantitative estimate of drug-likeness (QED) is 0.783. The maximum atomic E-state index is 12.0. The van der Waals surface area contributed by atoms with E-state index in [0.29, 0.717) is 38.4 Å². The third-order valence-corrected chi connectivity index (χ3v) is 4.73. The normalized spacial score (nSPS) is 24.3. The van der Waals surface area contributed by atoms with Crippen molar-refractivity contribution < 1.29 is 14.7 Å². The molecular formula is C13H24N2O3S. The van der Waals surface area contributed by atoms with Gasteiger partial charge in [0.2, 0.25) is 0 Å². The maximum absolute atomic E-state index is 12.0. The van der Waals surface area contributed by atoms with Crippen molar-refractivity contribution in [3.8, 4) is 0 Å². The summed E-state index contributed by atoms with van der Waals surface area (Å²) in [5.74, 6) is 0.645. The number of carboxylic acids is 1. The molecule has 0 bridgehead atoms. The van der Waals surface area contributed by atoms with Gasteiger partial charge in [0, 0.05) is 19.6 Å². The Morgan fingerprint density at radius 1 is 1.53 bits per heavy atom. The summed E-state index contributed by atoms with van der Waals surface area (Å²) < 4.78 is 0. The molecule has 6 heteroatoms. The lowest BCUT2D eigenvalue weighted by atomic mass is 9.84. The Morgan fingerprint density at radius 2 is 2.21 bits per heavy atom. The van der Waals surface area contributed by atoms with Gasteiger partial charge < -0.3 is 15.3 Å². The molecule has 0 saturated carbocycles. The van der Waals surface area contributed by atoms with E-state index in [1.54, 1.807) is 16.7 Å². The van der Waals surface area contributed by atoms with E-state index < -0.39 is 11.4 Å². The fraction of sp³-hybridized carbons (Fsp3) is 0.846. The SMILES string of the molecule is CCC1(C(=O)O)CCN(C(=O)NCC(C)CSC)C1. The van der Waals surface area contributed by atoms with E-state index >= 15 is 0 Å². The number of carbonyl (C=O) groups is 2. The van der Waals surface area contributed by atoms with Gasteiger partial charge in [-0.3, -0.25) is 4.79 Å². The number of rotatable bonds is 6. The molecule has 2 amide bonds. The molecule has 0 aromatic carbocycles. The van der Waals surface area contributed by atoms with Gasteiger partial charge in [0.1, 0.15) is 0 Å². The molecule has 0 aliphatic carbocycles. The minimum Gasteiger partial charge on any atom is -0.481 e. The molecule has 1 fully saturated rings. The molecule has 0 aromatic rings. The van der Waals surface area contributed by atoms with Gasteiger partial charge in [-0.15, -0.1) is 0 Å². The second kappa shape index (κ2) is 7.03. The summed E-state index contributed by atoms with van der Waals surface area (Å²) in [6.45, 7) is 5.46. The highest BCUT2D eigenvalue weighted by Gasteiger charge is 2.44. The summed E-state index contributed by atoms with van der Waals surface area (Å²) in [5, 5.41) is 12.2. The van der Waals surface area contributed by atoms with Gasteiger partial charge in [0.05, 0.1) is 5.41 Å². The number of nitrogens with zero attached hydrogens (tertiary/aromatic N) is 1. The van der Waals surface area contributed by atoms with Gasteiger partial charge >= 0.3 is 12.0 Å². The van der Waals surface area contributed by atoms with Crippen molar-refractivity contribution in [2.24, 2.45) is 11.3 Å². The molecule has 1 aliphatic rings. The lowest BCUT2D eigenvalue weighted by molar-refractivity contribution is -0.148. The van der Waals surface area contributed by atoms with Crippen LogP contribution in [0.4, 0.5) is 4.79 Å². The first kappa shape index (κ1) is 16.1. The van der Waals surface area contributed by atoms with Crippen molar-refractivity contribution in [2.75, 3.05) is 31.6 Å². The molecule has 19 heavy (non-hydrogen) atoms. The Balaban J connectivity index is 2.46. The predicted molar refractivity (Wildman–Crippen MR) is 77.5 cm³/mol. The Morgan fingerprint density at radius 3 is 2.68 bits per heavy atom. The van der Waals surface area contributed by atoms with Crippen LogP contribution in [0.3, 0.4) is 0 Å². The van der Waals surface area contributed by atoms with E-state index in [9.17, 15) is 14.7 Å². The molecule has 2 unspecified atom stereocenters. The molecule has 0 radical (unpaired) electrons. The number of carboxylic acid groups (broad SMARTS) is 1. The van der Waals surface area contributed by atoms with E-state index in [1.165, 1.54) is 0 Å². The van der Waals surface area contributed by atoms with Crippen molar-refractivity contribution in [2.45, 2.75) is 26.7 Å². The van der Waals surface area contributed by atoms with Crippen LogP contribution in [0, 0.1) is 11.3 Å². The zero-order valence-electron chi connectivity index (χ0n) is 11.9. The largest absolute Gasteiger partial charge is 0.481 e. The van der Waals surface area contributed by atoms with Gasteiger partial charge in [0.15, 0.2) is 0 Å². The van der Waals surface area contributed by atoms with E-state index in [-0.39, 0.29) is 6.03 Å². The third-order valence-electron chi connectivity index (χ3n) is 3.82. The van der Waals surface area contributed by atoms with Crippen LogP contribution in [-0.4, -0.2) is 53.6 Å². The zero-order chi connectivity index (χ0) is 14.5. The maximum Gasteiger partial charge on any atom is 0.317 e. The van der Waals surface area contributed by atoms with E-state index in [2.05, 4.69) is 12.2 Å². The van der Waals surface area contributed by atoms with Crippen LogP contribution in [0.5, 0.6) is 0 Å². The number of carbonyl (C=O) groups excluding carboxylic acids is 1. The first-order chi connectivity index (χ1) is 8.95. The summed E-state index contributed by atoms with van der Waals surface area (Å²) in [5.41, 5.74) is -0.748. The standard InChI is InChI=1S/C13H24N2O3S/c1-4-13(11(16)17)5-6-15(9-13)12(18)14-7-10(2)8-19-3/h10H,4-9H2,1-3H3,(H,14,18)(H,16,17).